The molecule has 1 fully saturated rings. The second kappa shape index (κ2) is 7.36. The lowest BCUT2D eigenvalue weighted by Crippen LogP contribution is -2.46. The van der Waals surface area contributed by atoms with E-state index < -0.39 is 0 Å². The van der Waals surface area contributed by atoms with Crippen molar-refractivity contribution < 1.29 is 9.59 Å². The molecule has 5 nitrogen and oxygen atoms in total. The third-order valence-electron chi connectivity index (χ3n) is 4.54. The summed E-state index contributed by atoms with van der Waals surface area (Å²) in [7, 11) is 0. The van der Waals surface area contributed by atoms with Gasteiger partial charge in [0.2, 0.25) is 11.8 Å². The van der Waals surface area contributed by atoms with Crippen LogP contribution in [-0.4, -0.2) is 58.9 Å². The first-order chi connectivity index (χ1) is 11.1. The number of nitrogens with zero attached hydrogens (tertiary/aromatic N) is 2. The van der Waals surface area contributed by atoms with Crippen molar-refractivity contribution in [2.75, 3.05) is 31.3 Å². The molecule has 0 bridgehead atoms. The van der Waals surface area contributed by atoms with Crippen LogP contribution in [0.15, 0.2) is 24.3 Å². The second-order valence-electron chi connectivity index (χ2n) is 6.21. The molecule has 124 valence electrons. The number of carbonyl (C=O) groups excluding carboxylic acids is 2. The molecule has 1 aromatic rings. The molecule has 2 aliphatic rings. The van der Waals surface area contributed by atoms with E-state index in [2.05, 4.69) is 41.4 Å². The average molecular weight is 333 g/mol. The first-order valence-corrected chi connectivity index (χ1v) is 9.22. The number of nitrogens with one attached hydrogen (secondary N) is 1. The highest BCUT2D eigenvalue weighted by molar-refractivity contribution is 8.00. The Hall–Kier alpha value is -1.53. The maximum Gasteiger partial charge on any atom is 0.239 e. The Labute approximate surface area is 141 Å². The number of benzene rings is 1. The van der Waals surface area contributed by atoms with E-state index in [1.807, 2.05) is 0 Å². The Balaban J connectivity index is 1.45. The van der Waals surface area contributed by atoms with Gasteiger partial charge in [-0.2, -0.15) is 0 Å². The third kappa shape index (κ3) is 4.06. The number of hydrogen-bond acceptors (Lipinski definition) is 4. The molecule has 2 amide bonds. The Bertz CT molecular complexity index is 593. The monoisotopic (exact) mass is 333 g/mol. The summed E-state index contributed by atoms with van der Waals surface area (Å²) >= 11 is 1.56. The Morgan fingerprint density at radius 3 is 2.87 bits per heavy atom. The van der Waals surface area contributed by atoms with Crippen molar-refractivity contribution in [2.24, 2.45) is 0 Å². The Morgan fingerprint density at radius 1 is 1.35 bits per heavy atom. The van der Waals surface area contributed by atoms with Crippen LogP contribution < -0.4 is 5.32 Å². The van der Waals surface area contributed by atoms with Crippen LogP contribution >= 0.6 is 11.8 Å². The molecule has 0 aliphatic carbocycles. The van der Waals surface area contributed by atoms with Gasteiger partial charge in [0.25, 0.3) is 0 Å². The van der Waals surface area contributed by atoms with E-state index in [9.17, 15) is 9.59 Å². The summed E-state index contributed by atoms with van der Waals surface area (Å²) in [6.07, 6.45) is 1.06. The van der Waals surface area contributed by atoms with E-state index in [1.165, 1.54) is 11.1 Å². The minimum Gasteiger partial charge on any atom is -0.353 e. The van der Waals surface area contributed by atoms with Gasteiger partial charge < -0.3 is 10.2 Å². The maximum atomic E-state index is 12.0. The molecule has 3 rings (SSSR count). The summed E-state index contributed by atoms with van der Waals surface area (Å²) in [5.41, 5.74) is 2.82. The van der Waals surface area contributed by atoms with E-state index in [0.717, 1.165) is 19.5 Å². The predicted molar refractivity (Wildman–Crippen MR) is 92.1 cm³/mol. The summed E-state index contributed by atoms with van der Waals surface area (Å²) < 4.78 is 0. The van der Waals surface area contributed by atoms with Gasteiger partial charge in [-0.1, -0.05) is 24.3 Å². The third-order valence-corrected chi connectivity index (χ3v) is 5.48. The van der Waals surface area contributed by atoms with Crippen molar-refractivity contribution in [3.63, 3.8) is 0 Å². The minimum absolute atomic E-state index is 0.0610. The van der Waals surface area contributed by atoms with Gasteiger partial charge in [-0.15, -0.1) is 11.8 Å². The Morgan fingerprint density at radius 2 is 2.13 bits per heavy atom. The van der Waals surface area contributed by atoms with Gasteiger partial charge >= 0.3 is 0 Å². The summed E-state index contributed by atoms with van der Waals surface area (Å²) in [5, 5.41) is 2.97. The molecule has 0 aromatic heterocycles. The number of rotatable bonds is 5. The highest BCUT2D eigenvalue weighted by Gasteiger charge is 2.24. The lowest BCUT2D eigenvalue weighted by molar-refractivity contribution is -0.132. The molecule has 1 aromatic carbocycles. The van der Waals surface area contributed by atoms with Crippen molar-refractivity contribution in [2.45, 2.75) is 25.9 Å². The molecule has 0 radical (unpaired) electrons. The average Bonchev–Trinajstić information content (AvgIpc) is 2.97. The molecular weight excluding hydrogens is 310 g/mol. The van der Waals surface area contributed by atoms with Crippen LogP contribution in [0, 0.1) is 0 Å². The molecular formula is C17H23N3O2S. The molecule has 1 N–H and O–H groups in total. The fourth-order valence-electron chi connectivity index (χ4n) is 3.05. The van der Waals surface area contributed by atoms with Crippen molar-refractivity contribution in [1.29, 1.82) is 0 Å². The molecule has 23 heavy (non-hydrogen) atoms. The summed E-state index contributed by atoms with van der Waals surface area (Å²) in [5.74, 6) is 1.12. The van der Waals surface area contributed by atoms with Crippen LogP contribution in [0.1, 0.15) is 18.1 Å². The van der Waals surface area contributed by atoms with Gasteiger partial charge in [-0.25, -0.2) is 0 Å². The van der Waals surface area contributed by atoms with Gasteiger partial charge in [0.05, 0.1) is 11.6 Å². The Kier molecular flexibility index (Phi) is 5.23. The molecule has 1 atom stereocenters. The molecule has 1 unspecified atom stereocenters. The van der Waals surface area contributed by atoms with Gasteiger partial charge in [0.1, 0.15) is 6.54 Å². The van der Waals surface area contributed by atoms with Crippen molar-refractivity contribution in [1.82, 2.24) is 15.1 Å². The van der Waals surface area contributed by atoms with Crippen LogP contribution in [0.2, 0.25) is 0 Å². The second-order valence-corrected chi connectivity index (χ2v) is 7.17. The first kappa shape index (κ1) is 16.3. The van der Waals surface area contributed by atoms with Gasteiger partial charge in [0, 0.05) is 25.7 Å². The number of amides is 2. The summed E-state index contributed by atoms with van der Waals surface area (Å²) in [6.45, 7) is 4.91. The molecule has 2 heterocycles. The van der Waals surface area contributed by atoms with Crippen LogP contribution in [0.4, 0.5) is 0 Å². The van der Waals surface area contributed by atoms with Gasteiger partial charge in [-0.3, -0.25) is 14.5 Å². The van der Waals surface area contributed by atoms with Crippen LogP contribution in [-0.2, 0) is 22.6 Å². The van der Waals surface area contributed by atoms with E-state index in [1.54, 1.807) is 16.7 Å². The maximum absolute atomic E-state index is 12.0. The van der Waals surface area contributed by atoms with Crippen LogP contribution in [0.5, 0.6) is 0 Å². The SMILES string of the molecule is CC(CNC(=O)CN1CSCC1=O)N1CCc2ccccc2C1. The standard InChI is InChI=1S/C17H23N3O2S/c1-13(8-18-16(21)10-20-12-23-11-17(20)22)19-7-6-14-4-2-3-5-15(14)9-19/h2-5,13H,6-12H2,1H3,(H,18,21). The lowest BCUT2D eigenvalue weighted by Gasteiger charge is -2.33. The number of thioether (sulfide) groups is 1. The van der Waals surface area contributed by atoms with Gasteiger partial charge in [0.15, 0.2) is 0 Å². The number of fused-ring (bicyclic) bond motifs is 1. The zero-order chi connectivity index (χ0) is 16.2. The van der Waals surface area contributed by atoms with E-state index in [0.29, 0.717) is 18.2 Å². The fraction of sp³-hybridized carbons (Fsp3) is 0.529. The highest BCUT2D eigenvalue weighted by Crippen LogP contribution is 2.20. The predicted octanol–water partition coefficient (Wildman–Crippen LogP) is 1.08. The van der Waals surface area contributed by atoms with E-state index in [4.69, 9.17) is 0 Å². The number of hydrogen-bond donors (Lipinski definition) is 1. The van der Waals surface area contributed by atoms with E-state index >= 15 is 0 Å². The lowest BCUT2D eigenvalue weighted by atomic mass is 9.99. The van der Waals surface area contributed by atoms with Crippen molar-refractivity contribution in [3.8, 4) is 0 Å². The first-order valence-electron chi connectivity index (χ1n) is 8.06. The van der Waals surface area contributed by atoms with Gasteiger partial charge in [-0.05, 0) is 24.5 Å². The topological polar surface area (TPSA) is 52.7 Å². The summed E-state index contributed by atoms with van der Waals surface area (Å²) in [4.78, 5) is 27.5. The van der Waals surface area contributed by atoms with Crippen molar-refractivity contribution in [3.05, 3.63) is 35.4 Å². The highest BCUT2D eigenvalue weighted by atomic mass is 32.2. The van der Waals surface area contributed by atoms with Crippen LogP contribution in [0.25, 0.3) is 0 Å². The normalized spacial score (nSPS) is 19.5. The fourth-order valence-corrected chi connectivity index (χ4v) is 3.96. The van der Waals surface area contributed by atoms with Crippen LogP contribution in [0.3, 0.4) is 0 Å². The molecule has 0 saturated carbocycles. The zero-order valence-corrected chi connectivity index (χ0v) is 14.3. The molecule has 0 spiro atoms. The minimum atomic E-state index is -0.0647. The number of carbonyl (C=O) groups is 2. The van der Waals surface area contributed by atoms with Crippen molar-refractivity contribution >= 4 is 23.6 Å². The zero-order valence-electron chi connectivity index (χ0n) is 13.5. The quantitative estimate of drug-likeness (QED) is 0.876. The largest absolute Gasteiger partial charge is 0.353 e. The molecule has 1 saturated heterocycles. The van der Waals surface area contributed by atoms with E-state index in [-0.39, 0.29) is 24.4 Å². The summed E-state index contributed by atoms with van der Waals surface area (Å²) in [6, 6.07) is 8.85. The smallest absolute Gasteiger partial charge is 0.239 e. The molecule has 2 aliphatic heterocycles. The molecule has 6 heteroatoms.